The van der Waals surface area contributed by atoms with E-state index in [9.17, 15) is 5.11 Å². The molecule has 0 radical (unpaired) electrons. The standard InChI is InChI=1S/C17H25N3O3/c21-16(13-22-14-17-6-3-10-23-17)12-19-8-2-1-5-15(19)11-20-9-4-7-18-20/h3-4,6-7,9-10,15-16,21H,1-2,5,8,11-14H2/t15-,16+/m1/s1. The van der Waals surface area contributed by atoms with Crippen molar-refractivity contribution < 1.29 is 14.3 Å². The number of aliphatic hydroxyl groups is 1. The topological polar surface area (TPSA) is 63.7 Å². The number of rotatable bonds is 8. The molecular formula is C17H25N3O3. The summed E-state index contributed by atoms with van der Waals surface area (Å²) in [5, 5.41) is 14.5. The van der Waals surface area contributed by atoms with Crippen molar-refractivity contribution in [3.63, 3.8) is 0 Å². The predicted octanol–water partition coefficient (Wildman–Crippen LogP) is 1.91. The number of likely N-dealkylation sites (tertiary alicyclic amines) is 1. The third-order valence-corrected chi connectivity index (χ3v) is 4.29. The van der Waals surface area contributed by atoms with Gasteiger partial charge in [0.1, 0.15) is 12.4 Å². The smallest absolute Gasteiger partial charge is 0.129 e. The summed E-state index contributed by atoms with van der Waals surface area (Å²) in [5.74, 6) is 0.784. The molecule has 23 heavy (non-hydrogen) atoms. The van der Waals surface area contributed by atoms with E-state index < -0.39 is 6.10 Å². The Bertz CT molecular complexity index is 541. The number of ether oxygens (including phenoxy) is 1. The molecule has 3 rings (SSSR count). The lowest BCUT2D eigenvalue weighted by Crippen LogP contribution is -2.46. The second kappa shape index (κ2) is 8.29. The summed E-state index contributed by atoms with van der Waals surface area (Å²) in [6, 6.07) is 6.09. The number of furan rings is 1. The Morgan fingerprint density at radius 2 is 2.35 bits per heavy atom. The molecule has 6 heteroatoms. The predicted molar refractivity (Wildman–Crippen MR) is 85.8 cm³/mol. The average Bonchev–Trinajstić information content (AvgIpc) is 3.23. The molecule has 0 aromatic carbocycles. The molecule has 0 unspecified atom stereocenters. The third kappa shape index (κ3) is 4.92. The van der Waals surface area contributed by atoms with Gasteiger partial charge in [-0.1, -0.05) is 6.42 Å². The quantitative estimate of drug-likeness (QED) is 0.805. The number of hydrogen-bond donors (Lipinski definition) is 1. The van der Waals surface area contributed by atoms with Crippen molar-refractivity contribution in [2.75, 3.05) is 19.7 Å². The third-order valence-electron chi connectivity index (χ3n) is 4.29. The van der Waals surface area contributed by atoms with Crippen LogP contribution in [-0.2, 0) is 17.9 Å². The van der Waals surface area contributed by atoms with Crippen molar-refractivity contribution in [1.29, 1.82) is 0 Å². The van der Waals surface area contributed by atoms with Crippen LogP contribution < -0.4 is 0 Å². The van der Waals surface area contributed by atoms with E-state index in [0.29, 0.717) is 25.8 Å². The largest absolute Gasteiger partial charge is 0.467 e. The van der Waals surface area contributed by atoms with Gasteiger partial charge in [-0.15, -0.1) is 0 Å². The molecule has 2 aromatic heterocycles. The number of aliphatic hydroxyl groups excluding tert-OH is 1. The minimum atomic E-state index is -0.483. The zero-order valence-corrected chi connectivity index (χ0v) is 13.4. The molecule has 0 saturated carbocycles. The molecule has 1 fully saturated rings. The zero-order chi connectivity index (χ0) is 15.9. The first-order valence-corrected chi connectivity index (χ1v) is 8.31. The van der Waals surface area contributed by atoms with Gasteiger partial charge in [-0.05, 0) is 37.6 Å². The van der Waals surface area contributed by atoms with E-state index in [1.54, 1.807) is 6.26 Å². The monoisotopic (exact) mass is 319 g/mol. The molecule has 3 heterocycles. The van der Waals surface area contributed by atoms with E-state index in [-0.39, 0.29) is 0 Å². The molecule has 2 aromatic rings. The van der Waals surface area contributed by atoms with Crippen molar-refractivity contribution in [1.82, 2.24) is 14.7 Å². The van der Waals surface area contributed by atoms with E-state index in [1.807, 2.05) is 35.3 Å². The lowest BCUT2D eigenvalue weighted by molar-refractivity contribution is -0.00928. The van der Waals surface area contributed by atoms with E-state index in [2.05, 4.69) is 10.00 Å². The van der Waals surface area contributed by atoms with Crippen molar-refractivity contribution >= 4 is 0 Å². The minimum Gasteiger partial charge on any atom is -0.467 e. The van der Waals surface area contributed by atoms with Crippen molar-refractivity contribution in [2.24, 2.45) is 0 Å². The van der Waals surface area contributed by atoms with Crippen LogP contribution in [0.1, 0.15) is 25.0 Å². The van der Waals surface area contributed by atoms with Gasteiger partial charge in [-0.2, -0.15) is 5.10 Å². The molecule has 1 aliphatic rings. The van der Waals surface area contributed by atoms with Crippen LogP contribution in [0.2, 0.25) is 0 Å². The van der Waals surface area contributed by atoms with Gasteiger partial charge in [-0.25, -0.2) is 0 Å². The van der Waals surface area contributed by atoms with Crippen LogP contribution in [0.5, 0.6) is 0 Å². The Balaban J connectivity index is 1.44. The van der Waals surface area contributed by atoms with E-state index in [1.165, 1.54) is 12.8 Å². The Morgan fingerprint density at radius 1 is 1.39 bits per heavy atom. The Morgan fingerprint density at radius 3 is 3.13 bits per heavy atom. The van der Waals surface area contributed by atoms with Crippen LogP contribution in [0.25, 0.3) is 0 Å². The van der Waals surface area contributed by atoms with Crippen LogP contribution in [0, 0.1) is 0 Å². The highest BCUT2D eigenvalue weighted by molar-refractivity contribution is 4.96. The highest BCUT2D eigenvalue weighted by Crippen LogP contribution is 2.18. The van der Waals surface area contributed by atoms with E-state index >= 15 is 0 Å². The summed E-state index contributed by atoms with van der Waals surface area (Å²) < 4.78 is 12.7. The Kier molecular flexibility index (Phi) is 5.85. The number of β-amino-alcohol motifs (C(OH)–C–C–N with tert-alkyl or cyclic N) is 1. The molecule has 1 aliphatic heterocycles. The summed E-state index contributed by atoms with van der Waals surface area (Å²) in [4.78, 5) is 2.37. The van der Waals surface area contributed by atoms with Gasteiger partial charge >= 0.3 is 0 Å². The number of aromatic nitrogens is 2. The highest BCUT2D eigenvalue weighted by Gasteiger charge is 2.24. The number of piperidine rings is 1. The normalized spacial score (nSPS) is 20.7. The van der Waals surface area contributed by atoms with Gasteiger partial charge < -0.3 is 14.3 Å². The van der Waals surface area contributed by atoms with Crippen molar-refractivity contribution in [3.05, 3.63) is 42.6 Å². The van der Waals surface area contributed by atoms with Gasteiger partial charge in [0.2, 0.25) is 0 Å². The van der Waals surface area contributed by atoms with E-state index in [0.717, 1.165) is 25.3 Å². The van der Waals surface area contributed by atoms with Crippen LogP contribution in [0.15, 0.2) is 41.3 Å². The van der Waals surface area contributed by atoms with Gasteiger partial charge in [0.25, 0.3) is 0 Å². The second-order valence-corrected chi connectivity index (χ2v) is 6.12. The van der Waals surface area contributed by atoms with Gasteiger partial charge in [0.15, 0.2) is 0 Å². The fourth-order valence-electron chi connectivity index (χ4n) is 3.15. The fraction of sp³-hybridized carbons (Fsp3) is 0.588. The van der Waals surface area contributed by atoms with Gasteiger partial charge in [-0.3, -0.25) is 9.58 Å². The summed E-state index contributed by atoms with van der Waals surface area (Å²) in [6.45, 7) is 3.28. The first-order chi connectivity index (χ1) is 11.3. The Hall–Kier alpha value is -1.63. The summed E-state index contributed by atoms with van der Waals surface area (Å²) in [5.41, 5.74) is 0. The summed E-state index contributed by atoms with van der Waals surface area (Å²) in [7, 11) is 0. The molecule has 1 N–H and O–H groups in total. The first kappa shape index (κ1) is 16.2. The molecule has 0 aliphatic carbocycles. The molecule has 0 amide bonds. The van der Waals surface area contributed by atoms with Crippen molar-refractivity contribution in [2.45, 2.75) is 44.6 Å². The molecule has 2 atom stereocenters. The van der Waals surface area contributed by atoms with Gasteiger partial charge in [0, 0.05) is 25.0 Å². The Labute approximate surface area is 136 Å². The second-order valence-electron chi connectivity index (χ2n) is 6.12. The average molecular weight is 319 g/mol. The molecule has 126 valence electrons. The SMILES string of the molecule is O[C@H](COCc1ccco1)CN1CCCC[C@@H]1Cn1cccn1. The van der Waals surface area contributed by atoms with Gasteiger partial charge in [0.05, 0.1) is 25.5 Å². The fourth-order valence-corrected chi connectivity index (χ4v) is 3.15. The molecular weight excluding hydrogens is 294 g/mol. The highest BCUT2D eigenvalue weighted by atomic mass is 16.5. The summed E-state index contributed by atoms with van der Waals surface area (Å²) >= 11 is 0. The zero-order valence-electron chi connectivity index (χ0n) is 13.4. The minimum absolute atomic E-state index is 0.325. The molecule has 6 nitrogen and oxygen atoms in total. The van der Waals surface area contributed by atoms with Crippen LogP contribution in [0.3, 0.4) is 0 Å². The maximum absolute atomic E-state index is 10.3. The van der Waals surface area contributed by atoms with Crippen LogP contribution in [0.4, 0.5) is 0 Å². The van der Waals surface area contributed by atoms with Crippen molar-refractivity contribution in [3.8, 4) is 0 Å². The van der Waals surface area contributed by atoms with E-state index in [4.69, 9.17) is 9.15 Å². The van der Waals surface area contributed by atoms with Crippen LogP contribution in [-0.4, -0.2) is 51.6 Å². The maximum Gasteiger partial charge on any atom is 0.129 e. The first-order valence-electron chi connectivity index (χ1n) is 8.31. The molecule has 1 saturated heterocycles. The van der Waals surface area contributed by atoms with Crippen LogP contribution >= 0.6 is 0 Å². The lowest BCUT2D eigenvalue weighted by atomic mass is 10.0. The number of nitrogens with zero attached hydrogens (tertiary/aromatic N) is 3. The molecule has 0 spiro atoms. The lowest BCUT2D eigenvalue weighted by Gasteiger charge is -2.36. The number of hydrogen-bond acceptors (Lipinski definition) is 5. The molecule has 0 bridgehead atoms. The maximum atomic E-state index is 10.3. The summed E-state index contributed by atoms with van der Waals surface area (Å²) in [6.07, 6.45) is 8.54.